The van der Waals surface area contributed by atoms with E-state index >= 15 is 0 Å². The molecule has 3 aromatic rings. The number of amides is 1. The molecule has 0 radical (unpaired) electrons. The largest absolute Gasteiger partial charge is 0.444 e. The Morgan fingerprint density at radius 2 is 1.88 bits per heavy atom. The number of carbonyl (C=O) groups excluding carboxylic acids is 1. The molecule has 122 valence electrons. The first-order chi connectivity index (χ1) is 11.6. The zero-order valence-corrected chi connectivity index (χ0v) is 14.8. The molecule has 0 fully saturated rings. The van der Waals surface area contributed by atoms with Gasteiger partial charge in [-0.05, 0) is 36.8 Å². The van der Waals surface area contributed by atoms with Crippen molar-refractivity contribution in [3.63, 3.8) is 0 Å². The molecule has 2 aromatic carbocycles. The molecule has 1 heterocycles. The van der Waals surface area contributed by atoms with Crippen LogP contribution in [0.15, 0.2) is 69.8 Å². The summed E-state index contributed by atoms with van der Waals surface area (Å²) in [6.07, 6.45) is 1.73. The van der Waals surface area contributed by atoms with Crippen molar-refractivity contribution in [2.75, 3.05) is 0 Å². The summed E-state index contributed by atoms with van der Waals surface area (Å²) in [5.41, 5.74) is 2.57. The van der Waals surface area contributed by atoms with Crippen molar-refractivity contribution in [2.24, 2.45) is 0 Å². The van der Waals surface area contributed by atoms with E-state index < -0.39 is 0 Å². The van der Waals surface area contributed by atoms with Crippen LogP contribution >= 0.6 is 15.9 Å². The second-order valence-corrected chi connectivity index (χ2v) is 6.44. The number of halogens is 1. The van der Waals surface area contributed by atoms with E-state index in [9.17, 15) is 4.79 Å². The molecule has 3 rings (SSSR count). The Morgan fingerprint density at radius 3 is 2.58 bits per heavy atom. The Hall–Kier alpha value is -2.40. The lowest BCUT2D eigenvalue weighted by atomic mass is 10.1. The molecule has 0 saturated heterocycles. The van der Waals surface area contributed by atoms with Gasteiger partial charge in [0.1, 0.15) is 6.26 Å². The van der Waals surface area contributed by atoms with Crippen LogP contribution in [-0.4, -0.2) is 10.9 Å². The summed E-state index contributed by atoms with van der Waals surface area (Å²) in [6, 6.07) is 17.4. The van der Waals surface area contributed by atoms with E-state index in [1.165, 1.54) is 6.26 Å². The van der Waals surface area contributed by atoms with E-state index in [0.29, 0.717) is 11.6 Å². The Kier molecular flexibility index (Phi) is 5.11. The highest BCUT2D eigenvalue weighted by molar-refractivity contribution is 9.10. The van der Waals surface area contributed by atoms with Crippen molar-refractivity contribution in [3.05, 3.63) is 76.6 Å². The third-order valence-electron chi connectivity index (χ3n) is 3.66. The molecule has 1 unspecified atom stereocenters. The smallest absolute Gasteiger partial charge is 0.226 e. The van der Waals surface area contributed by atoms with Crippen LogP contribution in [0.3, 0.4) is 0 Å². The van der Waals surface area contributed by atoms with Crippen LogP contribution in [0.4, 0.5) is 0 Å². The van der Waals surface area contributed by atoms with Gasteiger partial charge in [0.2, 0.25) is 11.8 Å². The van der Waals surface area contributed by atoms with Crippen LogP contribution in [0.25, 0.3) is 11.5 Å². The van der Waals surface area contributed by atoms with Crippen LogP contribution in [-0.2, 0) is 11.2 Å². The molecule has 24 heavy (non-hydrogen) atoms. The first kappa shape index (κ1) is 16.5. The number of nitrogens with one attached hydrogen (secondary N) is 1. The number of rotatable bonds is 5. The maximum absolute atomic E-state index is 12.2. The van der Waals surface area contributed by atoms with Crippen molar-refractivity contribution < 1.29 is 9.21 Å². The molecule has 5 heteroatoms. The standard InChI is InChI=1S/C19H17BrN2O2/c1-13(14-7-9-16(20)10-8-14)21-18(23)11-17-12-24-19(22-17)15-5-3-2-4-6-15/h2-10,12-13H,11H2,1H3,(H,21,23). The number of hydrogen-bond donors (Lipinski definition) is 1. The Labute approximate surface area is 149 Å². The molecule has 1 N–H and O–H groups in total. The van der Waals surface area contributed by atoms with Gasteiger partial charge in [-0.25, -0.2) is 4.98 Å². The van der Waals surface area contributed by atoms with Gasteiger partial charge >= 0.3 is 0 Å². The molecule has 0 bridgehead atoms. The van der Waals surface area contributed by atoms with Gasteiger partial charge in [-0.3, -0.25) is 4.79 Å². The Bertz CT molecular complexity index is 813. The summed E-state index contributed by atoms with van der Waals surface area (Å²) in [4.78, 5) is 16.6. The molecule has 1 amide bonds. The topological polar surface area (TPSA) is 55.1 Å². The van der Waals surface area contributed by atoms with Gasteiger partial charge in [0.25, 0.3) is 0 Å². The number of nitrogens with zero attached hydrogens (tertiary/aromatic N) is 1. The van der Waals surface area contributed by atoms with E-state index in [4.69, 9.17) is 4.42 Å². The highest BCUT2D eigenvalue weighted by Gasteiger charge is 2.13. The monoisotopic (exact) mass is 384 g/mol. The van der Waals surface area contributed by atoms with Crippen LogP contribution in [0.1, 0.15) is 24.2 Å². The maximum atomic E-state index is 12.2. The normalized spacial score (nSPS) is 11.9. The van der Waals surface area contributed by atoms with E-state index in [-0.39, 0.29) is 18.4 Å². The molecule has 0 saturated carbocycles. The van der Waals surface area contributed by atoms with Crippen molar-refractivity contribution in [1.29, 1.82) is 0 Å². The van der Waals surface area contributed by atoms with Crippen LogP contribution in [0.2, 0.25) is 0 Å². The maximum Gasteiger partial charge on any atom is 0.226 e. The summed E-state index contributed by atoms with van der Waals surface area (Å²) in [6.45, 7) is 1.96. The Balaban J connectivity index is 1.61. The van der Waals surface area contributed by atoms with Crippen molar-refractivity contribution >= 4 is 21.8 Å². The highest BCUT2D eigenvalue weighted by atomic mass is 79.9. The number of oxazole rings is 1. The first-order valence-corrected chi connectivity index (χ1v) is 8.46. The van der Waals surface area contributed by atoms with E-state index in [2.05, 4.69) is 26.2 Å². The predicted octanol–water partition coefficient (Wildman–Crippen LogP) is 4.52. The molecule has 0 spiro atoms. The minimum Gasteiger partial charge on any atom is -0.444 e. The third kappa shape index (κ3) is 4.11. The van der Waals surface area contributed by atoms with Gasteiger partial charge in [0.15, 0.2) is 0 Å². The second kappa shape index (κ2) is 7.45. The van der Waals surface area contributed by atoms with Gasteiger partial charge in [-0.2, -0.15) is 0 Å². The van der Waals surface area contributed by atoms with Gasteiger partial charge < -0.3 is 9.73 Å². The lowest BCUT2D eigenvalue weighted by Gasteiger charge is -2.13. The Morgan fingerprint density at radius 1 is 1.17 bits per heavy atom. The third-order valence-corrected chi connectivity index (χ3v) is 4.19. The fourth-order valence-corrected chi connectivity index (χ4v) is 2.66. The molecular formula is C19H17BrN2O2. The molecule has 4 nitrogen and oxygen atoms in total. The summed E-state index contributed by atoms with van der Waals surface area (Å²) >= 11 is 3.41. The molecule has 1 aromatic heterocycles. The van der Waals surface area contributed by atoms with Crippen LogP contribution in [0.5, 0.6) is 0 Å². The highest BCUT2D eigenvalue weighted by Crippen LogP contribution is 2.19. The zero-order valence-electron chi connectivity index (χ0n) is 13.2. The summed E-state index contributed by atoms with van der Waals surface area (Å²) in [7, 11) is 0. The first-order valence-electron chi connectivity index (χ1n) is 7.66. The molecule has 0 aliphatic carbocycles. The summed E-state index contributed by atoms with van der Waals surface area (Å²) in [5.74, 6) is 0.442. The number of aromatic nitrogens is 1. The minimum absolute atomic E-state index is 0.0638. The van der Waals surface area contributed by atoms with Gasteiger partial charge in [-0.15, -0.1) is 0 Å². The van der Waals surface area contributed by atoms with Gasteiger partial charge in [0.05, 0.1) is 18.2 Å². The quantitative estimate of drug-likeness (QED) is 0.703. The SMILES string of the molecule is CC(NC(=O)Cc1coc(-c2ccccc2)n1)c1ccc(Br)cc1. The second-order valence-electron chi connectivity index (χ2n) is 5.53. The van der Waals surface area contributed by atoms with Gasteiger partial charge in [-0.1, -0.05) is 46.3 Å². The molecule has 1 atom stereocenters. The van der Waals surface area contributed by atoms with Crippen LogP contribution < -0.4 is 5.32 Å². The van der Waals surface area contributed by atoms with Crippen molar-refractivity contribution in [1.82, 2.24) is 10.3 Å². The fraction of sp³-hybridized carbons (Fsp3) is 0.158. The molecule has 0 aliphatic heterocycles. The predicted molar refractivity (Wildman–Crippen MR) is 96.3 cm³/mol. The van der Waals surface area contributed by atoms with Crippen LogP contribution in [0, 0.1) is 0 Å². The lowest BCUT2D eigenvalue weighted by molar-refractivity contribution is -0.121. The van der Waals surface area contributed by atoms with Gasteiger partial charge in [0, 0.05) is 10.0 Å². The average Bonchev–Trinajstić information content (AvgIpc) is 3.04. The van der Waals surface area contributed by atoms with Crippen molar-refractivity contribution in [3.8, 4) is 11.5 Å². The molecular weight excluding hydrogens is 368 g/mol. The lowest BCUT2D eigenvalue weighted by Crippen LogP contribution is -2.28. The fourth-order valence-electron chi connectivity index (χ4n) is 2.39. The zero-order chi connectivity index (χ0) is 16.9. The van der Waals surface area contributed by atoms with E-state index in [1.807, 2.05) is 61.5 Å². The molecule has 0 aliphatic rings. The average molecular weight is 385 g/mol. The minimum atomic E-state index is -0.0849. The number of benzene rings is 2. The summed E-state index contributed by atoms with van der Waals surface area (Å²) < 4.78 is 6.47. The van der Waals surface area contributed by atoms with E-state index in [0.717, 1.165) is 15.6 Å². The number of carbonyl (C=O) groups is 1. The van der Waals surface area contributed by atoms with E-state index in [1.54, 1.807) is 0 Å². The van der Waals surface area contributed by atoms with Crippen molar-refractivity contribution in [2.45, 2.75) is 19.4 Å². The number of hydrogen-bond acceptors (Lipinski definition) is 3. The summed E-state index contributed by atoms with van der Waals surface area (Å²) in [5, 5.41) is 2.98.